The number of pyridine rings is 1. The first-order chi connectivity index (χ1) is 10.6. The Kier molecular flexibility index (Phi) is 6.06. The zero-order valence-electron chi connectivity index (χ0n) is 11.9. The molecule has 0 saturated heterocycles. The number of rotatable bonds is 7. The molecule has 0 atom stereocenters. The number of hydrogen-bond acceptors (Lipinski definition) is 5. The molecule has 118 valence electrons. The smallest absolute Gasteiger partial charge is 0.287 e. The quantitative estimate of drug-likeness (QED) is 0.755. The second-order valence-corrected chi connectivity index (χ2v) is 5.21. The molecule has 22 heavy (non-hydrogen) atoms. The third kappa shape index (κ3) is 4.62. The number of nitrogens with zero attached hydrogens (tertiary/aromatic N) is 1. The van der Waals surface area contributed by atoms with Crippen LogP contribution >= 0.6 is 23.2 Å². The van der Waals surface area contributed by atoms with E-state index < -0.39 is 0 Å². The molecule has 0 saturated carbocycles. The summed E-state index contributed by atoms with van der Waals surface area (Å²) in [5, 5.41) is 6.62. The summed E-state index contributed by atoms with van der Waals surface area (Å²) in [5.74, 6) is 1.07. The Morgan fingerprint density at radius 1 is 1.36 bits per heavy atom. The molecule has 0 unspecified atom stereocenters. The average molecular weight is 344 g/mol. The standard InChI is InChI=1S/C14H15Cl2N3O3/c1-21-8-10-2-3-12(22-10)14(20)18-5-4-17-13-11(16)6-9(15)7-19-13/h2-3,6-7H,4-5,8H2,1H3,(H,17,19)(H,18,20). The van der Waals surface area contributed by atoms with E-state index in [1.807, 2.05) is 0 Å². The van der Waals surface area contributed by atoms with E-state index in [0.29, 0.717) is 41.3 Å². The van der Waals surface area contributed by atoms with Crippen molar-refractivity contribution in [3.8, 4) is 0 Å². The van der Waals surface area contributed by atoms with Crippen molar-refractivity contribution in [3.05, 3.63) is 46.0 Å². The molecule has 0 fully saturated rings. The molecular formula is C14H15Cl2N3O3. The van der Waals surface area contributed by atoms with Crippen LogP contribution in [0.25, 0.3) is 0 Å². The van der Waals surface area contributed by atoms with Crippen LogP contribution in [0.3, 0.4) is 0 Å². The summed E-state index contributed by atoms with van der Waals surface area (Å²) >= 11 is 11.7. The highest BCUT2D eigenvalue weighted by Gasteiger charge is 2.10. The summed E-state index contributed by atoms with van der Waals surface area (Å²) in [6.07, 6.45) is 1.49. The van der Waals surface area contributed by atoms with Gasteiger partial charge in [-0.3, -0.25) is 4.79 Å². The van der Waals surface area contributed by atoms with Crippen molar-refractivity contribution >= 4 is 34.9 Å². The summed E-state index contributed by atoms with van der Waals surface area (Å²) in [4.78, 5) is 15.9. The fourth-order valence-electron chi connectivity index (χ4n) is 1.71. The number of aromatic nitrogens is 1. The lowest BCUT2D eigenvalue weighted by atomic mass is 10.4. The van der Waals surface area contributed by atoms with E-state index in [1.54, 1.807) is 25.3 Å². The van der Waals surface area contributed by atoms with Gasteiger partial charge in [0.25, 0.3) is 5.91 Å². The van der Waals surface area contributed by atoms with E-state index >= 15 is 0 Å². The maximum atomic E-state index is 11.9. The fraction of sp³-hybridized carbons (Fsp3) is 0.286. The molecule has 8 heteroatoms. The highest BCUT2D eigenvalue weighted by molar-refractivity contribution is 6.35. The fourth-order valence-corrected chi connectivity index (χ4v) is 2.16. The van der Waals surface area contributed by atoms with Crippen LogP contribution in [0.4, 0.5) is 5.82 Å². The largest absolute Gasteiger partial charge is 0.453 e. The highest BCUT2D eigenvalue weighted by atomic mass is 35.5. The molecule has 0 aliphatic rings. The van der Waals surface area contributed by atoms with Gasteiger partial charge in [0.15, 0.2) is 5.76 Å². The number of ether oxygens (including phenoxy) is 1. The number of carbonyl (C=O) groups is 1. The normalized spacial score (nSPS) is 10.5. The van der Waals surface area contributed by atoms with Crippen LogP contribution in [-0.4, -0.2) is 31.1 Å². The van der Waals surface area contributed by atoms with E-state index in [4.69, 9.17) is 32.4 Å². The second kappa shape index (κ2) is 8.03. The van der Waals surface area contributed by atoms with Crippen molar-refractivity contribution in [1.82, 2.24) is 10.3 Å². The maximum Gasteiger partial charge on any atom is 0.287 e. The summed E-state index contributed by atoms with van der Waals surface area (Å²) in [5.41, 5.74) is 0. The van der Waals surface area contributed by atoms with Gasteiger partial charge in [-0.25, -0.2) is 4.98 Å². The molecule has 2 aromatic heterocycles. The monoisotopic (exact) mass is 343 g/mol. The summed E-state index contributed by atoms with van der Waals surface area (Å²) in [6, 6.07) is 4.90. The molecule has 6 nitrogen and oxygen atoms in total. The molecule has 2 aromatic rings. The zero-order chi connectivity index (χ0) is 15.9. The molecule has 1 amide bonds. The molecule has 0 radical (unpaired) electrons. The Morgan fingerprint density at radius 2 is 2.18 bits per heavy atom. The van der Waals surface area contributed by atoms with Crippen molar-refractivity contribution in [1.29, 1.82) is 0 Å². The molecule has 2 rings (SSSR count). The lowest BCUT2D eigenvalue weighted by Gasteiger charge is -2.08. The van der Waals surface area contributed by atoms with Crippen LogP contribution in [0.5, 0.6) is 0 Å². The van der Waals surface area contributed by atoms with Gasteiger partial charge in [-0.05, 0) is 18.2 Å². The molecular weight excluding hydrogens is 329 g/mol. The number of methoxy groups -OCH3 is 1. The Balaban J connectivity index is 1.76. The van der Waals surface area contributed by atoms with Crippen molar-refractivity contribution in [2.75, 3.05) is 25.5 Å². The zero-order valence-corrected chi connectivity index (χ0v) is 13.4. The first kappa shape index (κ1) is 16.6. The van der Waals surface area contributed by atoms with Gasteiger partial charge in [0.05, 0.1) is 10.0 Å². The summed E-state index contributed by atoms with van der Waals surface area (Å²) < 4.78 is 10.3. The Bertz CT molecular complexity index is 646. The van der Waals surface area contributed by atoms with Crippen LogP contribution in [0, 0.1) is 0 Å². The van der Waals surface area contributed by atoms with Crippen molar-refractivity contribution in [3.63, 3.8) is 0 Å². The highest BCUT2D eigenvalue weighted by Crippen LogP contribution is 2.22. The predicted molar refractivity (Wildman–Crippen MR) is 84.5 cm³/mol. The molecule has 0 aliphatic heterocycles. The van der Waals surface area contributed by atoms with E-state index in [0.717, 1.165) is 0 Å². The van der Waals surface area contributed by atoms with Gasteiger partial charge in [0, 0.05) is 26.4 Å². The second-order valence-electron chi connectivity index (χ2n) is 4.37. The minimum atomic E-state index is -0.292. The van der Waals surface area contributed by atoms with Gasteiger partial charge in [-0.1, -0.05) is 23.2 Å². The number of amides is 1. The van der Waals surface area contributed by atoms with E-state index in [-0.39, 0.29) is 11.7 Å². The number of hydrogen-bond donors (Lipinski definition) is 2. The van der Waals surface area contributed by atoms with Crippen LogP contribution in [0.15, 0.2) is 28.8 Å². The topological polar surface area (TPSA) is 76.4 Å². The van der Waals surface area contributed by atoms with Gasteiger partial charge in [0.2, 0.25) is 0 Å². The number of nitrogens with one attached hydrogen (secondary N) is 2. The molecule has 2 heterocycles. The molecule has 2 N–H and O–H groups in total. The maximum absolute atomic E-state index is 11.9. The SMILES string of the molecule is COCc1ccc(C(=O)NCCNc2ncc(Cl)cc2Cl)o1. The van der Waals surface area contributed by atoms with Crippen LogP contribution in [0.1, 0.15) is 16.3 Å². The summed E-state index contributed by atoms with van der Waals surface area (Å²) in [6.45, 7) is 1.18. The average Bonchev–Trinajstić information content (AvgIpc) is 2.94. The van der Waals surface area contributed by atoms with Gasteiger partial charge < -0.3 is 19.8 Å². The van der Waals surface area contributed by atoms with Crippen molar-refractivity contribution in [2.24, 2.45) is 0 Å². The Labute approximate surface area is 137 Å². The molecule has 0 bridgehead atoms. The first-order valence-corrected chi connectivity index (χ1v) is 7.26. The van der Waals surface area contributed by atoms with E-state index in [1.165, 1.54) is 6.20 Å². The number of anilines is 1. The minimum absolute atomic E-state index is 0.245. The van der Waals surface area contributed by atoms with Gasteiger partial charge >= 0.3 is 0 Å². The number of carbonyl (C=O) groups excluding carboxylic acids is 1. The number of furan rings is 1. The Hall–Kier alpha value is -1.76. The molecule has 0 spiro atoms. The molecule has 0 aliphatic carbocycles. The van der Waals surface area contributed by atoms with E-state index in [9.17, 15) is 4.79 Å². The number of halogens is 2. The Morgan fingerprint density at radius 3 is 2.91 bits per heavy atom. The third-order valence-corrected chi connectivity index (χ3v) is 3.18. The van der Waals surface area contributed by atoms with Crippen LogP contribution in [0.2, 0.25) is 10.0 Å². The van der Waals surface area contributed by atoms with Crippen LogP contribution < -0.4 is 10.6 Å². The lowest BCUT2D eigenvalue weighted by molar-refractivity contribution is 0.0918. The first-order valence-electron chi connectivity index (χ1n) is 6.51. The predicted octanol–water partition coefficient (Wildman–Crippen LogP) is 2.97. The van der Waals surface area contributed by atoms with Crippen molar-refractivity contribution in [2.45, 2.75) is 6.61 Å². The summed E-state index contributed by atoms with van der Waals surface area (Å²) in [7, 11) is 1.56. The third-order valence-electron chi connectivity index (χ3n) is 2.68. The van der Waals surface area contributed by atoms with E-state index in [2.05, 4.69) is 15.6 Å². The molecule has 0 aromatic carbocycles. The van der Waals surface area contributed by atoms with Gasteiger partial charge in [0.1, 0.15) is 18.2 Å². The van der Waals surface area contributed by atoms with Crippen molar-refractivity contribution < 1.29 is 13.9 Å². The van der Waals surface area contributed by atoms with Gasteiger partial charge in [-0.2, -0.15) is 0 Å². The minimum Gasteiger partial charge on any atom is -0.453 e. The van der Waals surface area contributed by atoms with Gasteiger partial charge in [-0.15, -0.1) is 0 Å². The lowest BCUT2D eigenvalue weighted by Crippen LogP contribution is -2.28. The van der Waals surface area contributed by atoms with Crippen LogP contribution in [-0.2, 0) is 11.3 Å².